The molecule has 0 N–H and O–H groups in total. The Kier molecular flexibility index (Phi) is 7.92. The van der Waals surface area contributed by atoms with Crippen LogP contribution in [0, 0.1) is 0 Å². The lowest BCUT2D eigenvalue weighted by atomic mass is 9.69. The molecule has 3 nitrogen and oxygen atoms in total. The molecule has 2 aromatic carbocycles. The average molecular weight is 501 g/mol. The molecule has 1 aliphatic heterocycles. The molecule has 1 fully saturated rings. The van der Waals surface area contributed by atoms with Crippen molar-refractivity contribution in [2.75, 3.05) is 19.6 Å². The van der Waals surface area contributed by atoms with Crippen molar-refractivity contribution in [2.45, 2.75) is 43.7 Å². The fraction of sp³-hybridized carbons (Fsp3) is 0.357. The number of rotatable bonds is 8. The van der Waals surface area contributed by atoms with Crippen molar-refractivity contribution in [3.05, 3.63) is 100 Å². The SMILES string of the molecule is O=C(CCC1(c2ccccc2)CCN(CCc2ccccc2C(F)(F)F)CC1)c1cccnc1Cl. The van der Waals surface area contributed by atoms with Crippen molar-refractivity contribution in [1.82, 2.24) is 9.88 Å². The van der Waals surface area contributed by atoms with Gasteiger partial charge in [-0.15, -0.1) is 0 Å². The van der Waals surface area contributed by atoms with E-state index in [0.717, 1.165) is 32.0 Å². The predicted molar refractivity (Wildman–Crippen MR) is 132 cm³/mol. The summed E-state index contributed by atoms with van der Waals surface area (Å²) in [5.74, 6) is -0.0235. The molecule has 0 atom stereocenters. The molecule has 0 amide bonds. The molecule has 2 heterocycles. The van der Waals surface area contributed by atoms with Gasteiger partial charge in [0.05, 0.1) is 11.1 Å². The smallest absolute Gasteiger partial charge is 0.303 e. The second-order valence-electron chi connectivity index (χ2n) is 9.16. The van der Waals surface area contributed by atoms with E-state index < -0.39 is 11.7 Å². The van der Waals surface area contributed by atoms with Crippen LogP contribution in [-0.4, -0.2) is 35.3 Å². The van der Waals surface area contributed by atoms with E-state index in [1.807, 2.05) is 18.2 Å². The number of ketones is 1. The van der Waals surface area contributed by atoms with Crippen molar-refractivity contribution in [3.63, 3.8) is 0 Å². The number of carbonyl (C=O) groups is 1. The van der Waals surface area contributed by atoms with Gasteiger partial charge in [-0.3, -0.25) is 4.79 Å². The molecular formula is C28H28ClF3N2O. The van der Waals surface area contributed by atoms with Crippen LogP contribution >= 0.6 is 11.6 Å². The third-order valence-electron chi connectivity index (χ3n) is 7.11. The number of hydrogen-bond acceptors (Lipinski definition) is 3. The third-order valence-corrected chi connectivity index (χ3v) is 7.41. The molecule has 4 rings (SSSR count). The number of pyridine rings is 1. The highest BCUT2D eigenvalue weighted by atomic mass is 35.5. The number of piperidine rings is 1. The van der Waals surface area contributed by atoms with Crippen molar-refractivity contribution in [2.24, 2.45) is 0 Å². The molecule has 1 aromatic heterocycles. The molecule has 3 aromatic rings. The molecule has 35 heavy (non-hydrogen) atoms. The molecule has 184 valence electrons. The van der Waals surface area contributed by atoms with Gasteiger partial charge in [-0.05, 0) is 73.5 Å². The van der Waals surface area contributed by atoms with Gasteiger partial charge < -0.3 is 4.90 Å². The van der Waals surface area contributed by atoms with E-state index in [9.17, 15) is 18.0 Å². The van der Waals surface area contributed by atoms with E-state index in [0.29, 0.717) is 36.9 Å². The van der Waals surface area contributed by atoms with Gasteiger partial charge in [-0.1, -0.05) is 60.1 Å². The number of halogens is 4. The number of hydrogen-bond donors (Lipinski definition) is 0. The van der Waals surface area contributed by atoms with Crippen LogP contribution in [0.2, 0.25) is 5.15 Å². The highest BCUT2D eigenvalue weighted by molar-refractivity contribution is 6.32. The summed E-state index contributed by atoms with van der Waals surface area (Å²) >= 11 is 6.13. The lowest BCUT2D eigenvalue weighted by molar-refractivity contribution is -0.138. The van der Waals surface area contributed by atoms with Crippen molar-refractivity contribution in [1.29, 1.82) is 0 Å². The Morgan fingerprint density at radius 3 is 2.34 bits per heavy atom. The second-order valence-corrected chi connectivity index (χ2v) is 9.52. The number of carbonyl (C=O) groups excluding carboxylic acids is 1. The number of Topliss-reactive ketones (excluding diaryl/α,β-unsaturated/α-hetero) is 1. The van der Waals surface area contributed by atoms with Gasteiger partial charge in [0, 0.05) is 19.2 Å². The minimum absolute atomic E-state index is 0.0235. The Hall–Kier alpha value is -2.70. The zero-order valence-corrected chi connectivity index (χ0v) is 20.2. The summed E-state index contributed by atoms with van der Waals surface area (Å²) in [5.41, 5.74) is 1.26. The molecule has 0 radical (unpaired) electrons. The van der Waals surface area contributed by atoms with Gasteiger partial charge in [-0.25, -0.2) is 4.98 Å². The van der Waals surface area contributed by atoms with Gasteiger partial charge >= 0.3 is 6.18 Å². The third kappa shape index (κ3) is 6.11. The molecule has 0 spiro atoms. The first-order chi connectivity index (χ1) is 16.8. The van der Waals surface area contributed by atoms with Crippen LogP contribution in [0.15, 0.2) is 72.9 Å². The minimum atomic E-state index is -4.34. The zero-order valence-electron chi connectivity index (χ0n) is 19.4. The van der Waals surface area contributed by atoms with Crippen LogP contribution in [0.5, 0.6) is 0 Å². The van der Waals surface area contributed by atoms with Crippen LogP contribution < -0.4 is 0 Å². The van der Waals surface area contributed by atoms with Gasteiger partial charge in [0.2, 0.25) is 0 Å². The quantitative estimate of drug-likeness (QED) is 0.247. The Morgan fingerprint density at radius 2 is 1.66 bits per heavy atom. The molecule has 1 aliphatic rings. The van der Waals surface area contributed by atoms with E-state index in [1.54, 1.807) is 30.5 Å². The van der Waals surface area contributed by atoms with E-state index in [-0.39, 0.29) is 16.4 Å². The van der Waals surface area contributed by atoms with Gasteiger partial charge in [0.25, 0.3) is 0 Å². The Labute approximate surface area is 208 Å². The van der Waals surface area contributed by atoms with Crippen LogP contribution in [0.3, 0.4) is 0 Å². The van der Waals surface area contributed by atoms with Crippen LogP contribution in [0.25, 0.3) is 0 Å². The highest BCUT2D eigenvalue weighted by Gasteiger charge is 2.37. The van der Waals surface area contributed by atoms with Crippen LogP contribution in [0.4, 0.5) is 13.2 Å². The van der Waals surface area contributed by atoms with Crippen molar-refractivity contribution >= 4 is 17.4 Å². The fourth-order valence-corrected chi connectivity index (χ4v) is 5.28. The summed E-state index contributed by atoms with van der Waals surface area (Å²) in [7, 11) is 0. The van der Waals surface area contributed by atoms with E-state index in [1.165, 1.54) is 11.6 Å². The zero-order chi connectivity index (χ0) is 24.9. The van der Waals surface area contributed by atoms with Crippen molar-refractivity contribution < 1.29 is 18.0 Å². The Morgan fingerprint density at radius 1 is 0.971 bits per heavy atom. The molecule has 1 saturated heterocycles. The lowest BCUT2D eigenvalue weighted by Gasteiger charge is -2.42. The maximum absolute atomic E-state index is 13.3. The summed E-state index contributed by atoms with van der Waals surface area (Å²) in [4.78, 5) is 19.1. The van der Waals surface area contributed by atoms with Gasteiger partial charge in [0.15, 0.2) is 5.78 Å². The summed E-state index contributed by atoms with van der Waals surface area (Å²) < 4.78 is 40.0. The molecule has 0 bridgehead atoms. The summed E-state index contributed by atoms with van der Waals surface area (Å²) in [6.45, 7) is 2.11. The van der Waals surface area contributed by atoms with E-state index in [4.69, 9.17) is 11.6 Å². The van der Waals surface area contributed by atoms with Crippen LogP contribution in [-0.2, 0) is 18.0 Å². The molecule has 0 aliphatic carbocycles. The Bertz CT molecular complexity index is 1140. The first-order valence-electron chi connectivity index (χ1n) is 11.9. The summed E-state index contributed by atoms with van der Waals surface area (Å²) in [6, 6.07) is 19.4. The monoisotopic (exact) mass is 500 g/mol. The van der Waals surface area contributed by atoms with Crippen molar-refractivity contribution in [3.8, 4) is 0 Å². The number of alkyl halides is 3. The number of benzene rings is 2. The summed E-state index contributed by atoms with van der Waals surface area (Å²) in [5, 5.41) is 0.222. The van der Waals surface area contributed by atoms with Gasteiger partial charge in [0.1, 0.15) is 5.15 Å². The Balaban J connectivity index is 1.43. The standard InChI is InChI=1S/C28H28ClF3N2O/c29-26-23(10-6-17-33-26)25(35)12-14-27(22-8-2-1-3-9-22)15-19-34(20-16-27)18-13-21-7-4-5-11-24(21)28(30,31)32/h1-11,17H,12-16,18-20H2. The predicted octanol–water partition coefficient (Wildman–Crippen LogP) is 6.99. The topological polar surface area (TPSA) is 33.2 Å². The first-order valence-corrected chi connectivity index (χ1v) is 12.2. The normalized spacial score (nSPS) is 16.2. The fourth-order valence-electron chi connectivity index (χ4n) is 5.05. The number of likely N-dealkylation sites (tertiary alicyclic amines) is 1. The minimum Gasteiger partial charge on any atom is -0.303 e. The van der Waals surface area contributed by atoms with E-state index >= 15 is 0 Å². The highest BCUT2D eigenvalue weighted by Crippen LogP contribution is 2.40. The van der Waals surface area contributed by atoms with Crippen LogP contribution in [0.1, 0.15) is 52.7 Å². The number of nitrogens with zero attached hydrogens (tertiary/aromatic N) is 2. The molecular weight excluding hydrogens is 473 g/mol. The van der Waals surface area contributed by atoms with E-state index in [2.05, 4.69) is 22.0 Å². The average Bonchev–Trinajstić information content (AvgIpc) is 2.87. The molecule has 0 unspecified atom stereocenters. The molecule has 0 saturated carbocycles. The largest absolute Gasteiger partial charge is 0.416 e. The summed E-state index contributed by atoms with van der Waals surface area (Å²) in [6.07, 6.45) is 0.299. The lowest BCUT2D eigenvalue weighted by Crippen LogP contribution is -2.43. The second kappa shape index (κ2) is 10.9. The maximum atomic E-state index is 13.3. The first kappa shape index (κ1) is 25.4. The molecule has 7 heteroatoms. The van der Waals surface area contributed by atoms with Gasteiger partial charge in [-0.2, -0.15) is 13.2 Å². The maximum Gasteiger partial charge on any atom is 0.416 e. The number of aromatic nitrogens is 1.